The zero-order chi connectivity index (χ0) is 15.6. The maximum atomic E-state index is 13.2. The van der Waals surface area contributed by atoms with E-state index in [2.05, 4.69) is 10.3 Å². The molecule has 0 atom stereocenters. The molecule has 0 saturated carbocycles. The van der Waals surface area contributed by atoms with Gasteiger partial charge in [-0.3, -0.25) is 0 Å². The Balaban J connectivity index is 2.40. The number of nitriles is 1. The van der Waals surface area contributed by atoms with E-state index in [0.717, 1.165) is 6.07 Å². The molecule has 2 rings (SSSR count). The summed E-state index contributed by atoms with van der Waals surface area (Å²) < 4.78 is 51.0. The van der Waals surface area contributed by atoms with E-state index < -0.39 is 17.6 Å². The van der Waals surface area contributed by atoms with E-state index in [9.17, 15) is 17.6 Å². The zero-order valence-corrected chi connectivity index (χ0v) is 10.9. The zero-order valence-electron chi connectivity index (χ0n) is 10.2. The molecular formula is C13H6ClF4N3. The van der Waals surface area contributed by atoms with Crippen molar-refractivity contribution in [3.05, 3.63) is 52.4 Å². The summed E-state index contributed by atoms with van der Waals surface area (Å²) in [6.07, 6.45) is -3.53. The van der Waals surface area contributed by atoms with Gasteiger partial charge in [0.05, 0.1) is 11.1 Å². The van der Waals surface area contributed by atoms with Crippen LogP contribution in [0.15, 0.2) is 30.5 Å². The van der Waals surface area contributed by atoms with Crippen molar-refractivity contribution in [2.75, 3.05) is 5.32 Å². The van der Waals surface area contributed by atoms with Gasteiger partial charge in [-0.2, -0.15) is 18.4 Å². The van der Waals surface area contributed by atoms with Crippen molar-refractivity contribution < 1.29 is 17.6 Å². The highest BCUT2D eigenvalue weighted by atomic mass is 35.5. The van der Waals surface area contributed by atoms with E-state index >= 15 is 0 Å². The normalized spacial score (nSPS) is 11.0. The van der Waals surface area contributed by atoms with Crippen molar-refractivity contribution >= 4 is 23.1 Å². The largest absolute Gasteiger partial charge is 0.419 e. The number of hydrogen-bond acceptors (Lipinski definition) is 3. The third-order valence-corrected chi connectivity index (χ3v) is 2.93. The number of anilines is 2. The fourth-order valence-corrected chi connectivity index (χ4v) is 1.78. The molecule has 21 heavy (non-hydrogen) atoms. The summed E-state index contributed by atoms with van der Waals surface area (Å²) in [6, 6.07) is 5.58. The number of rotatable bonds is 2. The van der Waals surface area contributed by atoms with Crippen molar-refractivity contribution in [2.24, 2.45) is 0 Å². The van der Waals surface area contributed by atoms with Crippen molar-refractivity contribution in [3.63, 3.8) is 0 Å². The van der Waals surface area contributed by atoms with Crippen LogP contribution in [0.1, 0.15) is 11.1 Å². The van der Waals surface area contributed by atoms with Crippen LogP contribution in [-0.2, 0) is 6.18 Å². The molecular weight excluding hydrogens is 310 g/mol. The van der Waals surface area contributed by atoms with Crippen LogP contribution in [0.3, 0.4) is 0 Å². The molecule has 8 heteroatoms. The first-order chi connectivity index (χ1) is 9.82. The van der Waals surface area contributed by atoms with Crippen LogP contribution in [0.25, 0.3) is 0 Å². The molecule has 1 N–H and O–H groups in total. The summed E-state index contributed by atoms with van der Waals surface area (Å²) in [6.45, 7) is 0. The van der Waals surface area contributed by atoms with Gasteiger partial charge in [0.25, 0.3) is 0 Å². The first-order valence-electron chi connectivity index (χ1n) is 5.51. The van der Waals surface area contributed by atoms with Gasteiger partial charge in [-0.25, -0.2) is 9.37 Å². The van der Waals surface area contributed by atoms with E-state index in [4.69, 9.17) is 16.9 Å². The Kier molecular flexibility index (Phi) is 4.00. The molecule has 108 valence electrons. The van der Waals surface area contributed by atoms with Crippen LogP contribution in [-0.4, -0.2) is 4.98 Å². The Morgan fingerprint density at radius 3 is 2.57 bits per heavy atom. The minimum Gasteiger partial charge on any atom is -0.339 e. The maximum Gasteiger partial charge on any atom is 0.419 e. The van der Waals surface area contributed by atoms with Crippen LogP contribution in [0.5, 0.6) is 0 Å². The number of alkyl halides is 3. The van der Waals surface area contributed by atoms with Gasteiger partial charge in [-0.1, -0.05) is 11.6 Å². The topological polar surface area (TPSA) is 48.7 Å². The fraction of sp³-hybridized carbons (Fsp3) is 0.0769. The highest BCUT2D eigenvalue weighted by Crippen LogP contribution is 2.34. The van der Waals surface area contributed by atoms with Crippen molar-refractivity contribution in [3.8, 4) is 6.07 Å². The van der Waals surface area contributed by atoms with Gasteiger partial charge in [-0.05, 0) is 24.3 Å². The second-order valence-corrected chi connectivity index (χ2v) is 4.33. The summed E-state index contributed by atoms with van der Waals surface area (Å²) in [5.41, 5.74) is -1.33. The third-order valence-electron chi connectivity index (χ3n) is 2.54. The molecule has 0 unspecified atom stereocenters. The average Bonchev–Trinajstić information content (AvgIpc) is 2.42. The monoisotopic (exact) mass is 315 g/mol. The average molecular weight is 316 g/mol. The van der Waals surface area contributed by atoms with E-state index in [1.54, 1.807) is 0 Å². The van der Waals surface area contributed by atoms with Crippen LogP contribution in [0.4, 0.5) is 29.1 Å². The van der Waals surface area contributed by atoms with Gasteiger partial charge in [0.2, 0.25) is 0 Å². The highest BCUT2D eigenvalue weighted by Gasteiger charge is 2.34. The van der Waals surface area contributed by atoms with Crippen molar-refractivity contribution in [1.82, 2.24) is 4.98 Å². The predicted molar refractivity (Wildman–Crippen MR) is 68.6 cm³/mol. The number of halogens is 5. The summed E-state index contributed by atoms with van der Waals surface area (Å²) >= 11 is 5.88. The Hall–Kier alpha value is -2.33. The number of nitrogens with one attached hydrogen (secondary N) is 1. The van der Waals surface area contributed by atoms with Gasteiger partial charge in [0, 0.05) is 11.9 Å². The Labute approximate surface area is 121 Å². The number of aromatic nitrogens is 1. The first kappa shape index (κ1) is 15.1. The van der Waals surface area contributed by atoms with Gasteiger partial charge in [0.15, 0.2) is 5.82 Å². The molecule has 0 aliphatic carbocycles. The summed E-state index contributed by atoms with van der Waals surface area (Å²) in [5.74, 6) is -1.37. The molecule has 1 aromatic heterocycles. The molecule has 0 aliphatic rings. The molecule has 0 fully saturated rings. The minimum atomic E-state index is -4.81. The van der Waals surface area contributed by atoms with Gasteiger partial charge in [0.1, 0.15) is 16.9 Å². The molecule has 0 saturated heterocycles. The lowest BCUT2D eigenvalue weighted by molar-refractivity contribution is -0.139. The highest BCUT2D eigenvalue weighted by molar-refractivity contribution is 6.34. The van der Waals surface area contributed by atoms with E-state index in [1.807, 2.05) is 6.07 Å². The molecule has 1 heterocycles. The van der Waals surface area contributed by atoms with E-state index in [0.29, 0.717) is 12.1 Å². The SMILES string of the molecule is N#Cc1ccnc(Nc2ccc(F)c(C(F)(F)F)c2)c1Cl. The van der Waals surface area contributed by atoms with Crippen LogP contribution < -0.4 is 5.32 Å². The third kappa shape index (κ3) is 3.23. The van der Waals surface area contributed by atoms with E-state index in [1.165, 1.54) is 12.3 Å². The van der Waals surface area contributed by atoms with Crippen molar-refractivity contribution in [2.45, 2.75) is 6.18 Å². The lowest BCUT2D eigenvalue weighted by Gasteiger charge is -2.12. The number of nitrogens with zero attached hydrogens (tertiary/aromatic N) is 2. The smallest absolute Gasteiger partial charge is 0.339 e. The minimum absolute atomic E-state index is 0.00968. The lowest BCUT2D eigenvalue weighted by Crippen LogP contribution is -2.08. The van der Waals surface area contributed by atoms with Crippen LogP contribution in [0.2, 0.25) is 5.02 Å². The first-order valence-corrected chi connectivity index (χ1v) is 5.89. The second-order valence-electron chi connectivity index (χ2n) is 3.95. The Morgan fingerprint density at radius 2 is 1.95 bits per heavy atom. The maximum absolute atomic E-state index is 13.2. The number of benzene rings is 1. The molecule has 3 nitrogen and oxygen atoms in total. The molecule has 0 spiro atoms. The van der Waals surface area contributed by atoms with Gasteiger partial charge >= 0.3 is 6.18 Å². The molecule has 0 bridgehead atoms. The summed E-state index contributed by atoms with van der Waals surface area (Å²) in [7, 11) is 0. The number of hydrogen-bond donors (Lipinski definition) is 1. The lowest BCUT2D eigenvalue weighted by atomic mass is 10.1. The molecule has 0 amide bonds. The molecule has 0 aliphatic heterocycles. The van der Waals surface area contributed by atoms with Gasteiger partial charge < -0.3 is 5.32 Å². The standard InChI is InChI=1S/C13H6ClF4N3/c14-11-7(6-19)3-4-20-12(11)21-8-1-2-10(15)9(5-8)13(16,17)18/h1-5H,(H,20,21). The second kappa shape index (κ2) is 5.58. The summed E-state index contributed by atoms with van der Waals surface area (Å²) in [4.78, 5) is 3.83. The Bertz CT molecular complexity index is 722. The van der Waals surface area contributed by atoms with Gasteiger partial charge in [-0.15, -0.1) is 0 Å². The predicted octanol–water partition coefficient (Wildman–Crippen LogP) is 4.51. The number of pyridine rings is 1. The molecule has 2 aromatic rings. The molecule has 1 aromatic carbocycles. The van der Waals surface area contributed by atoms with E-state index in [-0.39, 0.29) is 22.1 Å². The van der Waals surface area contributed by atoms with Crippen LogP contribution >= 0.6 is 11.6 Å². The molecule has 0 radical (unpaired) electrons. The van der Waals surface area contributed by atoms with Crippen molar-refractivity contribution in [1.29, 1.82) is 5.26 Å². The van der Waals surface area contributed by atoms with Crippen LogP contribution in [0, 0.1) is 17.1 Å². The summed E-state index contributed by atoms with van der Waals surface area (Å²) in [5, 5.41) is 11.3. The quantitative estimate of drug-likeness (QED) is 0.830. The fourth-order valence-electron chi connectivity index (χ4n) is 1.57. The Morgan fingerprint density at radius 1 is 1.24 bits per heavy atom.